The van der Waals surface area contributed by atoms with Crippen molar-refractivity contribution in [2.24, 2.45) is 5.92 Å². The minimum absolute atomic E-state index is 0.0732. The molecule has 2 aromatic heterocycles. The van der Waals surface area contributed by atoms with Gasteiger partial charge in [0.1, 0.15) is 0 Å². The number of rotatable bonds is 8. The van der Waals surface area contributed by atoms with Crippen LogP contribution in [0.2, 0.25) is 0 Å². The van der Waals surface area contributed by atoms with Gasteiger partial charge in [-0.2, -0.15) is 5.10 Å². The molecule has 2 N–H and O–H groups in total. The van der Waals surface area contributed by atoms with Crippen LogP contribution in [0, 0.1) is 12.8 Å². The molecule has 4 rings (SSSR count). The van der Waals surface area contributed by atoms with Crippen molar-refractivity contribution in [3.63, 3.8) is 0 Å². The Morgan fingerprint density at radius 1 is 1.19 bits per heavy atom. The predicted octanol–water partition coefficient (Wildman–Crippen LogP) is 3.52. The molecule has 7 nitrogen and oxygen atoms in total. The molecule has 1 saturated carbocycles. The van der Waals surface area contributed by atoms with Gasteiger partial charge < -0.3 is 10.2 Å². The van der Waals surface area contributed by atoms with E-state index < -0.39 is 0 Å². The van der Waals surface area contributed by atoms with Crippen LogP contribution in [0.25, 0.3) is 11.3 Å². The smallest absolute Gasteiger partial charge is 0.252 e. The molecule has 0 aliphatic heterocycles. The average molecular weight is 418 g/mol. The van der Waals surface area contributed by atoms with Crippen LogP contribution in [-0.2, 0) is 11.2 Å². The molecule has 160 valence electrons. The molecule has 0 saturated heterocycles. The minimum Gasteiger partial charge on any atom is -0.352 e. The summed E-state index contributed by atoms with van der Waals surface area (Å²) in [6, 6.07) is 9.66. The van der Waals surface area contributed by atoms with Crippen LogP contribution in [0.3, 0.4) is 0 Å². The number of carbonyl (C=O) groups excluding carboxylic acids is 2. The van der Waals surface area contributed by atoms with Gasteiger partial charge in [-0.15, -0.1) is 0 Å². The first kappa shape index (κ1) is 20.8. The lowest BCUT2D eigenvalue weighted by Crippen LogP contribution is -2.31. The molecule has 1 aromatic carbocycles. The van der Waals surface area contributed by atoms with E-state index in [4.69, 9.17) is 0 Å². The molecule has 31 heavy (non-hydrogen) atoms. The highest BCUT2D eigenvalue weighted by Gasteiger charge is 2.27. The molecule has 1 aliphatic carbocycles. The highest BCUT2D eigenvalue weighted by atomic mass is 16.2. The number of anilines is 1. The molecule has 1 fully saturated rings. The molecule has 1 aliphatic rings. The highest BCUT2D eigenvalue weighted by molar-refractivity contribution is 5.94. The van der Waals surface area contributed by atoms with Gasteiger partial charge in [0.05, 0.1) is 17.5 Å². The summed E-state index contributed by atoms with van der Waals surface area (Å²) in [4.78, 5) is 30.8. The Morgan fingerprint density at radius 3 is 2.65 bits per heavy atom. The molecule has 0 bridgehead atoms. The van der Waals surface area contributed by atoms with Gasteiger partial charge in [-0.05, 0) is 67.5 Å². The number of pyridine rings is 1. The lowest BCUT2D eigenvalue weighted by atomic mass is 10.0. The number of nitrogens with zero attached hydrogens (tertiary/aromatic N) is 3. The molecular formula is C24H27N5O2. The van der Waals surface area contributed by atoms with E-state index in [1.54, 1.807) is 25.4 Å². The Labute approximate surface area is 181 Å². The first-order chi connectivity index (χ1) is 15.0. The molecule has 2 amide bonds. The quantitative estimate of drug-likeness (QED) is 0.587. The Hall–Kier alpha value is -3.48. The molecule has 0 atom stereocenters. The lowest BCUT2D eigenvalue weighted by Gasteiger charge is -2.23. The summed E-state index contributed by atoms with van der Waals surface area (Å²) in [5.74, 6) is 0.554. The second-order valence-corrected chi connectivity index (χ2v) is 8.12. The number of H-pyrrole nitrogens is 1. The van der Waals surface area contributed by atoms with E-state index in [1.165, 1.54) is 12.8 Å². The first-order valence-electron chi connectivity index (χ1n) is 10.6. The van der Waals surface area contributed by atoms with E-state index in [2.05, 4.69) is 20.5 Å². The molecule has 0 unspecified atom stereocenters. The average Bonchev–Trinajstić information content (AvgIpc) is 3.44. The zero-order valence-electron chi connectivity index (χ0n) is 17.9. The van der Waals surface area contributed by atoms with Crippen LogP contribution in [0.15, 0.2) is 48.9 Å². The maximum atomic E-state index is 12.3. The topological polar surface area (TPSA) is 91.0 Å². The molecule has 0 spiro atoms. The first-order valence-corrected chi connectivity index (χ1v) is 10.6. The van der Waals surface area contributed by atoms with Gasteiger partial charge in [0, 0.05) is 43.7 Å². The van der Waals surface area contributed by atoms with Crippen molar-refractivity contribution in [2.45, 2.75) is 33.1 Å². The zero-order chi connectivity index (χ0) is 21.8. The van der Waals surface area contributed by atoms with Gasteiger partial charge >= 0.3 is 0 Å². The number of hydrogen-bond acceptors (Lipinski definition) is 4. The monoisotopic (exact) mass is 417 g/mol. The number of carbonyl (C=O) groups is 2. The SMILES string of the molecule is CC(=O)N(CC1CC1)c1ccc(-c2ccc(C(=O)NCCc3cn[nH]c3)cn2)cc1C. The Morgan fingerprint density at radius 2 is 2.03 bits per heavy atom. The largest absolute Gasteiger partial charge is 0.352 e. The number of aryl methyl sites for hydroxylation is 1. The third-order valence-corrected chi connectivity index (χ3v) is 5.58. The van der Waals surface area contributed by atoms with Crippen LogP contribution < -0.4 is 10.2 Å². The Balaban J connectivity index is 1.41. The molecule has 2 heterocycles. The number of benzene rings is 1. The summed E-state index contributed by atoms with van der Waals surface area (Å²) in [7, 11) is 0. The fourth-order valence-electron chi connectivity index (χ4n) is 3.61. The summed E-state index contributed by atoms with van der Waals surface area (Å²) in [5, 5.41) is 9.55. The number of nitrogens with one attached hydrogen (secondary N) is 2. The summed E-state index contributed by atoms with van der Waals surface area (Å²) in [6.45, 7) is 4.96. The summed E-state index contributed by atoms with van der Waals surface area (Å²) >= 11 is 0. The molecule has 0 radical (unpaired) electrons. The Kier molecular flexibility index (Phi) is 6.11. The van der Waals surface area contributed by atoms with Gasteiger partial charge in [0.15, 0.2) is 0 Å². The van der Waals surface area contributed by atoms with Gasteiger partial charge in [0.2, 0.25) is 5.91 Å². The fraction of sp³-hybridized carbons (Fsp3) is 0.333. The van der Waals surface area contributed by atoms with Crippen LogP contribution in [-0.4, -0.2) is 40.1 Å². The fourth-order valence-corrected chi connectivity index (χ4v) is 3.61. The maximum absolute atomic E-state index is 12.3. The second kappa shape index (κ2) is 9.12. The highest BCUT2D eigenvalue weighted by Crippen LogP contribution is 2.33. The second-order valence-electron chi connectivity index (χ2n) is 8.12. The van der Waals surface area contributed by atoms with Crippen molar-refractivity contribution in [1.29, 1.82) is 0 Å². The van der Waals surface area contributed by atoms with Crippen LogP contribution >= 0.6 is 0 Å². The van der Waals surface area contributed by atoms with Crippen molar-refractivity contribution in [1.82, 2.24) is 20.5 Å². The summed E-state index contributed by atoms with van der Waals surface area (Å²) in [5.41, 5.74) is 5.32. The van der Waals surface area contributed by atoms with Crippen molar-refractivity contribution in [3.8, 4) is 11.3 Å². The van der Waals surface area contributed by atoms with Crippen LogP contribution in [0.4, 0.5) is 5.69 Å². The van der Waals surface area contributed by atoms with Gasteiger partial charge in [-0.3, -0.25) is 19.7 Å². The number of aromatic nitrogens is 3. The van der Waals surface area contributed by atoms with Gasteiger partial charge in [-0.1, -0.05) is 6.07 Å². The Bertz CT molecular complexity index is 1060. The normalized spacial score (nSPS) is 13.1. The van der Waals surface area contributed by atoms with Crippen molar-refractivity contribution >= 4 is 17.5 Å². The van der Waals surface area contributed by atoms with E-state index in [0.717, 1.165) is 41.0 Å². The van der Waals surface area contributed by atoms with Crippen molar-refractivity contribution < 1.29 is 9.59 Å². The maximum Gasteiger partial charge on any atom is 0.252 e. The third-order valence-electron chi connectivity index (χ3n) is 5.58. The van der Waals surface area contributed by atoms with Crippen molar-refractivity contribution in [3.05, 3.63) is 65.6 Å². The van der Waals surface area contributed by atoms with Gasteiger partial charge in [0.25, 0.3) is 5.91 Å². The number of amides is 2. The third kappa shape index (κ3) is 5.17. The van der Waals surface area contributed by atoms with Crippen LogP contribution in [0.5, 0.6) is 0 Å². The summed E-state index contributed by atoms with van der Waals surface area (Å²) in [6.07, 6.45) is 8.29. The van der Waals surface area contributed by atoms with E-state index in [1.807, 2.05) is 42.3 Å². The number of hydrogen-bond donors (Lipinski definition) is 2. The van der Waals surface area contributed by atoms with Crippen molar-refractivity contribution in [2.75, 3.05) is 18.0 Å². The van der Waals surface area contributed by atoms with E-state index in [-0.39, 0.29) is 11.8 Å². The molecule has 3 aromatic rings. The lowest BCUT2D eigenvalue weighted by molar-refractivity contribution is -0.116. The van der Waals surface area contributed by atoms with E-state index in [0.29, 0.717) is 18.0 Å². The number of aromatic amines is 1. The van der Waals surface area contributed by atoms with E-state index >= 15 is 0 Å². The molecule has 7 heteroatoms. The van der Waals surface area contributed by atoms with Gasteiger partial charge in [-0.25, -0.2) is 0 Å². The standard InChI is InChI=1S/C24H27N5O2/c1-16-11-20(6-8-23(16)29(17(2)30)15-18-3-4-18)22-7-5-21(14-26-22)24(31)25-10-9-19-12-27-28-13-19/h5-8,11-14,18H,3-4,9-10,15H2,1-2H3,(H,25,31)(H,27,28). The van der Waals surface area contributed by atoms with E-state index in [9.17, 15) is 9.59 Å². The zero-order valence-corrected chi connectivity index (χ0v) is 17.9. The van der Waals surface area contributed by atoms with Crippen LogP contribution in [0.1, 0.15) is 41.3 Å². The minimum atomic E-state index is -0.147. The molecular weight excluding hydrogens is 390 g/mol. The summed E-state index contributed by atoms with van der Waals surface area (Å²) < 4.78 is 0. The predicted molar refractivity (Wildman–Crippen MR) is 120 cm³/mol.